The van der Waals surface area contributed by atoms with Gasteiger partial charge < -0.3 is 15.4 Å². The summed E-state index contributed by atoms with van der Waals surface area (Å²) in [6.07, 6.45) is 3.41. The fraction of sp³-hybridized carbons (Fsp3) is 0.364. The summed E-state index contributed by atoms with van der Waals surface area (Å²) < 4.78 is 5.47. The number of amides is 2. The number of aryl methyl sites for hydroxylation is 1. The summed E-state index contributed by atoms with van der Waals surface area (Å²) in [5, 5.41) is 5.88. The van der Waals surface area contributed by atoms with Crippen LogP contribution < -0.4 is 10.6 Å². The molecule has 0 aliphatic carbocycles. The number of hydrogen-bond acceptors (Lipinski definition) is 3. The molecule has 2 N–H and O–H groups in total. The number of carbonyl (C=O) groups is 2. The molecular formula is C22H24N2O3. The molecule has 0 fully saturated rings. The monoisotopic (exact) mass is 364 g/mol. The lowest BCUT2D eigenvalue weighted by molar-refractivity contribution is -0.120. The average molecular weight is 364 g/mol. The van der Waals surface area contributed by atoms with Crippen molar-refractivity contribution < 1.29 is 14.3 Å². The fourth-order valence-corrected chi connectivity index (χ4v) is 3.71. The van der Waals surface area contributed by atoms with Gasteiger partial charge in [-0.25, -0.2) is 0 Å². The summed E-state index contributed by atoms with van der Waals surface area (Å²) in [6.45, 7) is 2.13. The summed E-state index contributed by atoms with van der Waals surface area (Å²) in [6, 6.07) is 12.3. The Morgan fingerprint density at radius 2 is 1.85 bits per heavy atom. The van der Waals surface area contributed by atoms with Crippen LogP contribution in [-0.2, 0) is 46.6 Å². The summed E-state index contributed by atoms with van der Waals surface area (Å²) in [7, 11) is 0. The maximum atomic E-state index is 12.3. The molecule has 2 aromatic rings. The molecule has 0 aromatic heterocycles. The predicted molar refractivity (Wildman–Crippen MR) is 104 cm³/mol. The van der Waals surface area contributed by atoms with Crippen molar-refractivity contribution in [3.63, 3.8) is 0 Å². The van der Waals surface area contributed by atoms with Gasteiger partial charge in [0.2, 0.25) is 11.8 Å². The van der Waals surface area contributed by atoms with Gasteiger partial charge >= 0.3 is 0 Å². The van der Waals surface area contributed by atoms with Gasteiger partial charge in [0.15, 0.2) is 0 Å². The molecule has 2 aliphatic heterocycles. The van der Waals surface area contributed by atoms with Crippen molar-refractivity contribution in [3.8, 4) is 0 Å². The first-order valence-corrected chi connectivity index (χ1v) is 9.54. The van der Waals surface area contributed by atoms with Crippen LogP contribution in [0.25, 0.3) is 0 Å². The average Bonchev–Trinajstić information content (AvgIpc) is 2.68. The van der Waals surface area contributed by atoms with Crippen LogP contribution in [0.1, 0.15) is 34.2 Å². The number of carbonyl (C=O) groups excluding carboxylic acids is 2. The van der Waals surface area contributed by atoms with Gasteiger partial charge in [-0.2, -0.15) is 0 Å². The Morgan fingerprint density at radius 1 is 1.00 bits per heavy atom. The third-order valence-corrected chi connectivity index (χ3v) is 5.21. The Hall–Kier alpha value is -2.66. The van der Waals surface area contributed by atoms with Crippen LogP contribution in [0.2, 0.25) is 0 Å². The van der Waals surface area contributed by atoms with Gasteiger partial charge in [-0.3, -0.25) is 9.59 Å². The number of ether oxygens (including phenoxy) is 1. The topological polar surface area (TPSA) is 67.4 Å². The first-order valence-electron chi connectivity index (χ1n) is 9.54. The van der Waals surface area contributed by atoms with E-state index in [9.17, 15) is 9.59 Å². The second-order valence-corrected chi connectivity index (χ2v) is 7.22. The van der Waals surface area contributed by atoms with E-state index >= 15 is 0 Å². The molecule has 0 saturated heterocycles. The second kappa shape index (κ2) is 7.92. The highest BCUT2D eigenvalue weighted by Crippen LogP contribution is 2.23. The smallest absolute Gasteiger partial charge is 0.224 e. The molecule has 0 saturated carbocycles. The van der Waals surface area contributed by atoms with Crippen molar-refractivity contribution in [2.24, 2.45) is 0 Å². The fourth-order valence-electron chi connectivity index (χ4n) is 3.71. The van der Waals surface area contributed by atoms with E-state index in [1.54, 1.807) is 0 Å². The molecular weight excluding hydrogens is 340 g/mol. The first-order chi connectivity index (χ1) is 13.2. The lowest BCUT2D eigenvalue weighted by Crippen LogP contribution is -2.27. The number of fused-ring (bicyclic) bond motifs is 2. The molecule has 0 bridgehead atoms. The second-order valence-electron chi connectivity index (χ2n) is 7.22. The van der Waals surface area contributed by atoms with Crippen LogP contribution in [0.5, 0.6) is 0 Å². The highest BCUT2D eigenvalue weighted by Gasteiger charge is 2.15. The van der Waals surface area contributed by atoms with Crippen LogP contribution in [0.3, 0.4) is 0 Å². The quantitative estimate of drug-likeness (QED) is 0.857. The van der Waals surface area contributed by atoms with E-state index in [2.05, 4.69) is 28.8 Å². The van der Waals surface area contributed by atoms with Gasteiger partial charge in [0.1, 0.15) is 0 Å². The van der Waals surface area contributed by atoms with Gasteiger partial charge in [0.25, 0.3) is 0 Å². The Morgan fingerprint density at radius 3 is 2.78 bits per heavy atom. The Bertz CT molecular complexity index is 876. The first kappa shape index (κ1) is 17.7. The highest BCUT2D eigenvalue weighted by atomic mass is 16.5. The molecule has 140 valence electrons. The van der Waals surface area contributed by atoms with Crippen LogP contribution in [0.4, 0.5) is 5.69 Å². The Balaban J connectivity index is 1.28. The molecule has 5 nitrogen and oxygen atoms in total. The van der Waals surface area contributed by atoms with Gasteiger partial charge in [-0.1, -0.05) is 30.3 Å². The third kappa shape index (κ3) is 4.37. The number of benzene rings is 2. The van der Waals surface area contributed by atoms with E-state index in [0.717, 1.165) is 42.7 Å². The number of nitrogens with one attached hydrogen (secondary N) is 2. The molecule has 2 heterocycles. The lowest BCUT2D eigenvalue weighted by Gasteiger charge is -2.18. The number of rotatable bonds is 5. The minimum Gasteiger partial charge on any atom is -0.376 e. The summed E-state index contributed by atoms with van der Waals surface area (Å²) in [5.74, 6) is 0.0869. The maximum absolute atomic E-state index is 12.3. The third-order valence-electron chi connectivity index (χ3n) is 5.21. The normalized spacial score (nSPS) is 15.5. The number of anilines is 1. The van der Waals surface area contributed by atoms with Gasteiger partial charge in [-0.15, -0.1) is 0 Å². The van der Waals surface area contributed by atoms with Crippen molar-refractivity contribution >= 4 is 17.5 Å². The van der Waals surface area contributed by atoms with E-state index in [0.29, 0.717) is 26.0 Å². The highest BCUT2D eigenvalue weighted by molar-refractivity contribution is 5.94. The van der Waals surface area contributed by atoms with Crippen molar-refractivity contribution in [1.82, 2.24) is 5.32 Å². The van der Waals surface area contributed by atoms with Crippen molar-refractivity contribution in [1.29, 1.82) is 0 Å². The molecule has 2 aliphatic rings. The van der Waals surface area contributed by atoms with E-state index in [-0.39, 0.29) is 11.8 Å². The van der Waals surface area contributed by atoms with E-state index in [4.69, 9.17) is 4.74 Å². The molecule has 0 unspecified atom stereocenters. The van der Waals surface area contributed by atoms with E-state index in [1.165, 1.54) is 16.7 Å². The molecule has 0 radical (unpaired) electrons. The zero-order valence-electron chi connectivity index (χ0n) is 15.3. The molecule has 5 heteroatoms. The SMILES string of the molecule is O=C(Cc1ccc2c(c1)CCC(=O)N2)NCCc1ccc2c(c1)CCOC2. The van der Waals surface area contributed by atoms with Crippen molar-refractivity contribution in [2.45, 2.75) is 38.7 Å². The Labute approximate surface area is 159 Å². The van der Waals surface area contributed by atoms with Crippen LogP contribution in [0, 0.1) is 0 Å². The zero-order chi connectivity index (χ0) is 18.6. The summed E-state index contributed by atoms with van der Waals surface area (Å²) in [5.41, 5.74) is 6.85. The van der Waals surface area contributed by atoms with E-state index in [1.807, 2.05) is 18.2 Å². The Kier molecular flexibility index (Phi) is 5.21. The minimum atomic E-state index is 0.0288. The summed E-state index contributed by atoms with van der Waals surface area (Å²) >= 11 is 0. The zero-order valence-corrected chi connectivity index (χ0v) is 15.3. The van der Waals surface area contributed by atoms with Crippen LogP contribution in [-0.4, -0.2) is 25.0 Å². The van der Waals surface area contributed by atoms with Gasteiger partial charge in [0.05, 0.1) is 19.6 Å². The molecule has 27 heavy (non-hydrogen) atoms. The molecule has 0 atom stereocenters. The molecule has 4 rings (SSSR count). The predicted octanol–water partition coefficient (Wildman–Crippen LogP) is 2.55. The minimum absolute atomic E-state index is 0.0288. The molecule has 2 aromatic carbocycles. The number of hydrogen-bond donors (Lipinski definition) is 2. The van der Waals surface area contributed by atoms with Gasteiger partial charge in [-0.05, 0) is 53.1 Å². The largest absolute Gasteiger partial charge is 0.376 e. The van der Waals surface area contributed by atoms with E-state index < -0.39 is 0 Å². The maximum Gasteiger partial charge on any atom is 0.224 e. The standard InChI is InChI=1S/C22H24N2O3/c25-21-6-4-18-12-16(2-5-20(18)24-21)13-22(26)23-9-7-15-1-3-19-14-27-10-8-17(19)11-15/h1-3,5,11-12H,4,6-10,13-14H2,(H,23,26)(H,24,25). The van der Waals surface area contributed by atoms with Crippen LogP contribution >= 0.6 is 0 Å². The van der Waals surface area contributed by atoms with Gasteiger partial charge in [0, 0.05) is 18.7 Å². The lowest BCUT2D eigenvalue weighted by atomic mass is 9.98. The van der Waals surface area contributed by atoms with Crippen molar-refractivity contribution in [2.75, 3.05) is 18.5 Å². The van der Waals surface area contributed by atoms with Crippen molar-refractivity contribution in [3.05, 3.63) is 64.2 Å². The van der Waals surface area contributed by atoms with Crippen LogP contribution in [0.15, 0.2) is 36.4 Å². The molecule has 0 spiro atoms. The molecule has 2 amide bonds. The summed E-state index contributed by atoms with van der Waals surface area (Å²) in [4.78, 5) is 23.7.